The number of carbonyl (C=O) groups is 1. The fourth-order valence-corrected chi connectivity index (χ4v) is 2.85. The van der Waals surface area contributed by atoms with E-state index in [1.807, 2.05) is 0 Å². The summed E-state index contributed by atoms with van der Waals surface area (Å²) in [6.45, 7) is 5.60. The van der Waals surface area contributed by atoms with Gasteiger partial charge in [0.2, 0.25) is 0 Å². The lowest BCUT2D eigenvalue weighted by Crippen LogP contribution is -2.37. The lowest BCUT2D eigenvalue weighted by atomic mass is 9.97. The summed E-state index contributed by atoms with van der Waals surface area (Å²) in [6.07, 6.45) is 11.5. The summed E-state index contributed by atoms with van der Waals surface area (Å²) in [5.41, 5.74) is 0. The van der Waals surface area contributed by atoms with Crippen LogP contribution in [0.5, 0.6) is 0 Å². The van der Waals surface area contributed by atoms with Crippen molar-refractivity contribution in [2.45, 2.75) is 64.7 Å². The molecule has 1 rings (SSSR count). The van der Waals surface area contributed by atoms with E-state index in [0.717, 1.165) is 25.9 Å². The third kappa shape index (κ3) is 6.95. The summed E-state index contributed by atoms with van der Waals surface area (Å²) in [7, 11) is 1.49. The number of piperidine rings is 1. The van der Waals surface area contributed by atoms with Gasteiger partial charge < -0.3 is 9.64 Å². The first-order valence-electron chi connectivity index (χ1n) is 8.08. The van der Waals surface area contributed by atoms with Gasteiger partial charge >= 0.3 is 5.97 Å². The molecule has 0 aromatic rings. The number of carbonyl (C=O) groups excluding carboxylic acids is 1. The summed E-state index contributed by atoms with van der Waals surface area (Å²) in [5, 5.41) is 0. The van der Waals surface area contributed by atoms with E-state index in [2.05, 4.69) is 11.8 Å². The minimum atomic E-state index is -0.0180. The van der Waals surface area contributed by atoms with Gasteiger partial charge in [0.25, 0.3) is 0 Å². The van der Waals surface area contributed by atoms with E-state index in [4.69, 9.17) is 4.74 Å². The molecule has 19 heavy (non-hydrogen) atoms. The van der Waals surface area contributed by atoms with Crippen LogP contribution >= 0.6 is 0 Å². The highest BCUT2D eigenvalue weighted by Crippen LogP contribution is 2.19. The maximum absolute atomic E-state index is 11.4. The van der Waals surface area contributed by atoms with Crippen LogP contribution < -0.4 is 0 Å². The number of esters is 1. The standard InChI is InChI=1S/C16H31NO2/c1-3-4-5-6-7-8-9-12-17-13-10-15(11-14-17)16(18)19-2/h15H,3-14H2,1-2H3. The predicted octanol–water partition coefficient (Wildman–Crippen LogP) is 3.62. The second kappa shape index (κ2) is 10.2. The van der Waals surface area contributed by atoms with Crippen LogP contribution in [-0.2, 0) is 9.53 Å². The number of hydrogen-bond donors (Lipinski definition) is 0. The number of nitrogens with zero attached hydrogens (tertiary/aromatic N) is 1. The fraction of sp³-hybridized carbons (Fsp3) is 0.938. The second-order valence-corrected chi connectivity index (χ2v) is 5.76. The van der Waals surface area contributed by atoms with E-state index in [1.54, 1.807) is 0 Å². The molecule has 1 heterocycles. The van der Waals surface area contributed by atoms with E-state index in [1.165, 1.54) is 58.6 Å². The molecular formula is C16H31NO2. The smallest absolute Gasteiger partial charge is 0.308 e. The number of rotatable bonds is 9. The van der Waals surface area contributed by atoms with Crippen molar-refractivity contribution in [1.82, 2.24) is 4.90 Å². The molecule has 0 aromatic heterocycles. The lowest BCUT2D eigenvalue weighted by molar-refractivity contribution is -0.147. The van der Waals surface area contributed by atoms with Crippen LogP contribution in [0.4, 0.5) is 0 Å². The molecule has 0 spiro atoms. The van der Waals surface area contributed by atoms with Gasteiger partial charge in [-0.2, -0.15) is 0 Å². The topological polar surface area (TPSA) is 29.5 Å². The lowest BCUT2D eigenvalue weighted by Gasteiger charge is -2.30. The van der Waals surface area contributed by atoms with Crippen LogP contribution in [0.1, 0.15) is 64.7 Å². The van der Waals surface area contributed by atoms with Crippen molar-refractivity contribution in [3.63, 3.8) is 0 Å². The molecule has 0 unspecified atom stereocenters. The highest BCUT2D eigenvalue weighted by atomic mass is 16.5. The average molecular weight is 269 g/mol. The van der Waals surface area contributed by atoms with Crippen molar-refractivity contribution in [2.75, 3.05) is 26.7 Å². The number of ether oxygens (including phenoxy) is 1. The number of methoxy groups -OCH3 is 1. The molecule has 0 aromatic carbocycles. The average Bonchev–Trinajstić information content (AvgIpc) is 2.46. The second-order valence-electron chi connectivity index (χ2n) is 5.76. The monoisotopic (exact) mass is 269 g/mol. The molecule has 0 aliphatic carbocycles. The number of unbranched alkanes of at least 4 members (excludes halogenated alkanes) is 6. The number of likely N-dealkylation sites (tertiary alicyclic amines) is 1. The van der Waals surface area contributed by atoms with Crippen molar-refractivity contribution in [3.8, 4) is 0 Å². The fourth-order valence-electron chi connectivity index (χ4n) is 2.85. The van der Waals surface area contributed by atoms with E-state index >= 15 is 0 Å². The van der Waals surface area contributed by atoms with Gasteiger partial charge in [-0.1, -0.05) is 45.4 Å². The minimum Gasteiger partial charge on any atom is -0.469 e. The zero-order valence-electron chi connectivity index (χ0n) is 12.8. The van der Waals surface area contributed by atoms with E-state index in [9.17, 15) is 4.79 Å². The summed E-state index contributed by atoms with van der Waals surface area (Å²) in [4.78, 5) is 13.9. The van der Waals surface area contributed by atoms with Crippen molar-refractivity contribution in [2.24, 2.45) is 5.92 Å². The van der Waals surface area contributed by atoms with Crippen molar-refractivity contribution < 1.29 is 9.53 Å². The van der Waals surface area contributed by atoms with Gasteiger partial charge in [-0.15, -0.1) is 0 Å². The predicted molar refractivity (Wildman–Crippen MR) is 79.2 cm³/mol. The zero-order chi connectivity index (χ0) is 13.9. The maximum atomic E-state index is 11.4. The first-order chi connectivity index (χ1) is 9.27. The summed E-state index contributed by atoms with van der Waals surface area (Å²) in [5.74, 6) is 0.130. The first kappa shape index (κ1) is 16.5. The maximum Gasteiger partial charge on any atom is 0.308 e. The molecule has 0 N–H and O–H groups in total. The van der Waals surface area contributed by atoms with Crippen LogP contribution in [0.15, 0.2) is 0 Å². The Balaban J connectivity index is 1.96. The SMILES string of the molecule is CCCCCCCCCN1CCC(C(=O)OC)CC1. The zero-order valence-corrected chi connectivity index (χ0v) is 12.8. The molecule has 1 fully saturated rings. The molecule has 0 radical (unpaired) electrons. The molecule has 3 heteroatoms. The van der Waals surface area contributed by atoms with Crippen LogP contribution in [0, 0.1) is 5.92 Å². The summed E-state index contributed by atoms with van der Waals surface area (Å²) < 4.78 is 4.81. The Morgan fingerprint density at radius 3 is 2.21 bits per heavy atom. The molecule has 112 valence electrons. The molecule has 0 amide bonds. The Labute approximate surface area is 118 Å². The van der Waals surface area contributed by atoms with Gasteiger partial charge in [-0.05, 0) is 38.9 Å². The van der Waals surface area contributed by atoms with Gasteiger partial charge in [-0.25, -0.2) is 0 Å². The molecule has 0 saturated carbocycles. The Bertz CT molecular complexity index is 235. The van der Waals surface area contributed by atoms with Crippen LogP contribution in [0.3, 0.4) is 0 Å². The van der Waals surface area contributed by atoms with Crippen molar-refractivity contribution in [3.05, 3.63) is 0 Å². The van der Waals surface area contributed by atoms with Gasteiger partial charge in [-0.3, -0.25) is 4.79 Å². The van der Waals surface area contributed by atoms with Gasteiger partial charge in [0.05, 0.1) is 13.0 Å². The van der Waals surface area contributed by atoms with Crippen LogP contribution in [-0.4, -0.2) is 37.6 Å². The summed E-state index contributed by atoms with van der Waals surface area (Å²) in [6, 6.07) is 0. The molecular weight excluding hydrogens is 238 g/mol. The molecule has 1 aliphatic heterocycles. The van der Waals surface area contributed by atoms with Crippen LogP contribution in [0.25, 0.3) is 0 Å². The van der Waals surface area contributed by atoms with Gasteiger partial charge in [0.15, 0.2) is 0 Å². The Kier molecular flexibility index (Phi) is 8.89. The van der Waals surface area contributed by atoms with Gasteiger partial charge in [0, 0.05) is 0 Å². The van der Waals surface area contributed by atoms with E-state index in [0.29, 0.717) is 0 Å². The molecule has 0 bridgehead atoms. The van der Waals surface area contributed by atoms with Crippen molar-refractivity contribution >= 4 is 5.97 Å². The van der Waals surface area contributed by atoms with Crippen LogP contribution in [0.2, 0.25) is 0 Å². The van der Waals surface area contributed by atoms with Crippen molar-refractivity contribution in [1.29, 1.82) is 0 Å². The van der Waals surface area contributed by atoms with E-state index < -0.39 is 0 Å². The third-order valence-corrected chi connectivity index (χ3v) is 4.20. The first-order valence-corrected chi connectivity index (χ1v) is 8.08. The van der Waals surface area contributed by atoms with Gasteiger partial charge in [0.1, 0.15) is 0 Å². The molecule has 3 nitrogen and oxygen atoms in total. The molecule has 0 atom stereocenters. The third-order valence-electron chi connectivity index (χ3n) is 4.20. The quantitative estimate of drug-likeness (QED) is 0.473. The minimum absolute atomic E-state index is 0.0180. The highest BCUT2D eigenvalue weighted by molar-refractivity contribution is 5.72. The Hall–Kier alpha value is -0.570. The summed E-state index contributed by atoms with van der Waals surface area (Å²) >= 11 is 0. The normalized spacial score (nSPS) is 17.6. The largest absolute Gasteiger partial charge is 0.469 e. The Morgan fingerprint density at radius 2 is 1.63 bits per heavy atom. The highest BCUT2D eigenvalue weighted by Gasteiger charge is 2.24. The van der Waals surface area contributed by atoms with E-state index in [-0.39, 0.29) is 11.9 Å². The number of hydrogen-bond acceptors (Lipinski definition) is 3. The Morgan fingerprint density at radius 1 is 1.05 bits per heavy atom. The molecule has 1 aliphatic rings. The molecule has 1 saturated heterocycles.